The summed E-state index contributed by atoms with van der Waals surface area (Å²) in [4.78, 5) is 0. The van der Waals surface area contributed by atoms with E-state index in [4.69, 9.17) is 5.53 Å². The quantitative estimate of drug-likeness (QED) is 0.601. The molecule has 54 valence electrons. The average molecular weight is 147 g/mol. The molecule has 0 atom stereocenters. The molecule has 2 N–H and O–H groups in total. The van der Waals surface area contributed by atoms with E-state index in [0.717, 1.165) is 11.0 Å². The van der Waals surface area contributed by atoms with Crippen LogP contribution in [-0.4, -0.2) is 15.4 Å². The van der Waals surface area contributed by atoms with Crippen LogP contribution in [0.3, 0.4) is 0 Å². The van der Waals surface area contributed by atoms with E-state index >= 15 is 0 Å². The van der Waals surface area contributed by atoms with E-state index in [0.29, 0.717) is 5.69 Å². The number of hydrogen-bond donors (Lipinski definition) is 2. The molecule has 5 nitrogen and oxygen atoms in total. The predicted octanol–water partition coefficient (Wildman–Crippen LogP) is 1.62. The lowest BCUT2D eigenvalue weighted by atomic mass is 10.3. The summed E-state index contributed by atoms with van der Waals surface area (Å²) in [6.45, 7) is 0. The lowest BCUT2D eigenvalue weighted by Crippen LogP contribution is -1.67. The standard InChI is InChI=1S/C6H5N5/c7-8-4-1-2-5-6(3-4)10-11-9-5/h1-3,7H,(H,9,10,11). The third kappa shape index (κ3) is 0.861. The third-order valence-electron chi connectivity index (χ3n) is 1.43. The molecule has 2 aromatic rings. The zero-order chi connectivity index (χ0) is 7.68. The van der Waals surface area contributed by atoms with Crippen LogP contribution >= 0.6 is 0 Å². The summed E-state index contributed by atoms with van der Waals surface area (Å²) in [7, 11) is 0. The van der Waals surface area contributed by atoms with Gasteiger partial charge in [0.05, 0.1) is 5.69 Å². The van der Waals surface area contributed by atoms with Gasteiger partial charge in [0, 0.05) is 0 Å². The monoisotopic (exact) mass is 147 g/mol. The van der Waals surface area contributed by atoms with Crippen LogP contribution in [0, 0.1) is 5.53 Å². The van der Waals surface area contributed by atoms with Gasteiger partial charge in [0.25, 0.3) is 0 Å². The largest absolute Gasteiger partial charge is 0.204 e. The highest BCUT2D eigenvalue weighted by Gasteiger charge is 1.97. The van der Waals surface area contributed by atoms with Gasteiger partial charge in [-0.2, -0.15) is 20.5 Å². The van der Waals surface area contributed by atoms with Crippen molar-refractivity contribution in [1.82, 2.24) is 15.4 Å². The maximum absolute atomic E-state index is 6.74. The molecule has 0 spiro atoms. The zero-order valence-electron chi connectivity index (χ0n) is 5.57. The Morgan fingerprint density at radius 2 is 2.09 bits per heavy atom. The fraction of sp³-hybridized carbons (Fsp3) is 0. The highest BCUT2D eigenvalue weighted by Crippen LogP contribution is 2.16. The molecule has 11 heavy (non-hydrogen) atoms. The number of H-pyrrole nitrogens is 1. The Morgan fingerprint density at radius 1 is 1.27 bits per heavy atom. The second-order valence-electron chi connectivity index (χ2n) is 2.11. The molecule has 0 fully saturated rings. The Morgan fingerprint density at radius 3 is 2.91 bits per heavy atom. The van der Waals surface area contributed by atoms with Gasteiger partial charge in [-0.3, -0.25) is 0 Å². The average Bonchev–Trinajstić information content (AvgIpc) is 2.50. The highest BCUT2D eigenvalue weighted by atomic mass is 15.3. The topological polar surface area (TPSA) is 77.8 Å². The van der Waals surface area contributed by atoms with Gasteiger partial charge in [-0.15, -0.1) is 0 Å². The number of benzene rings is 1. The third-order valence-corrected chi connectivity index (χ3v) is 1.43. The van der Waals surface area contributed by atoms with Crippen LogP contribution in [0.1, 0.15) is 0 Å². The molecule has 0 saturated heterocycles. The molecule has 1 aromatic carbocycles. The molecular weight excluding hydrogens is 142 g/mol. The number of nitrogens with zero attached hydrogens (tertiary/aromatic N) is 3. The number of aromatic amines is 1. The number of rotatable bonds is 1. The zero-order valence-corrected chi connectivity index (χ0v) is 5.57. The Balaban J connectivity index is 2.76. The predicted molar refractivity (Wildman–Crippen MR) is 38.7 cm³/mol. The Hall–Kier alpha value is -1.78. The summed E-state index contributed by atoms with van der Waals surface area (Å²) < 4.78 is 0. The lowest BCUT2D eigenvalue weighted by molar-refractivity contribution is 0.959. The number of fused-ring (bicyclic) bond motifs is 1. The van der Waals surface area contributed by atoms with Crippen molar-refractivity contribution in [1.29, 1.82) is 5.53 Å². The van der Waals surface area contributed by atoms with Crippen LogP contribution in [0.2, 0.25) is 0 Å². The van der Waals surface area contributed by atoms with Gasteiger partial charge in [0.2, 0.25) is 0 Å². The first kappa shape index (κ1) is 5.96. The summed E-state index contributed by atoms with van der Waals surface area (Å²) in [5.41, 5.74) is 8.85. The summed E-state index contributed by atoms with van der Waals surface area (Å²) >= 11 is 0. The first-order valence-corrected chi connectivity index (χ1v) is 3.08. The molecule has 0 amide bonds. The molecule has 0 bridgehead atoms. The van der Waals surface area contributed by atoms with Gasteiger partial charge in [-0.1, -0.05) is 0 Å². The normalized spacial score (nSPS) is 10.2. The van der Waals surface area contributed by atoms with E-state index in [1.54, 1.807) is 18.2 Å². The summed E-state index contributed by atoms with van der Waals surface area (Å²) in [5, 5.41) is 13.5. The molecule has 5 heteroatoms. The van der Waals surface area contributed by atoms with E-state index in [1.807, 2.05) is 0 Å². The molecule has 1 aromatic heterocycles. The summed E-state index contributed by atoms with van der Waals surface area (Å²) in [6.07, 6.45) is 0. The molecule has 0 unspecified atom stereocenters. The fourth-order valence-electron chi connectivity index (χ4n) is 0.898. The lowest BCUT2D eigenvalue weighted by Gasteiger charge is -1.86. The minimum absolute atomic E-state index is 0.589. The van der Waals surface area contributed by atoms with Gasteiger partial charge in [-0.05, 0) is 18.2 Å². The molecule has 0 saturated carbocycles. The summed E-state index contributed by atoms with van der Waals surface area (Å²) in [5.74, 6) is 0. The van der Waals surface area contributed by atoms with Gasteiger partial charge in [0.15, 0.2) is 0 Å². The maximum atomic E-state index is 6.74. The maximum Gasteiger partial charge on any atom is 0.115 e. The van der Waals surface area contributed by atoms with Crippen molar-refractivity contribution in [2.75, 3.05) is 0 Å². The van der Waals surface area contributed by atoms with Crippen molar-refractivity contribution in [3.63, 3.8) is 0 Å². The summed E-state index contributed by atoms with van der Waals surface area (Å²) in [6, 6.07) is 5.19. The van der Waals surface area contributed by atoms with Crippen molar-refractivity contribution in [3.05, 3.63) is 18.2 Å². The van der Waals surface area contributed by atoms with Crippen LogP contribution < -0.4 is 0 Å². The smallest absolute Gasteiger partial charge is 0.115 e. The second-order valence-corrected chi connectivity index (χ2v) is 2.11. The highest BCUT2D eigenvalue weighted by molar-refractivity contribution is 5.76. The fourth-order valence-corrected chi connectivity index (χ4v) is 0.898. The Bertz CT molecular complexity index is 391. The van der Waals surface area contributed by atoms with Crippen molar-refractivity contribution >= 4 is 16.7 Å². The SMILES string of the molecule is N=Nc1ccc2n[nH]nc2c1. The molecule has 1 heterocycles. The van der Waals surface area contributed by atoms with Crippen molar-refractivity contribution in [2.45, 2.75) is 0 Å². The Kier molecular flexibility index (Phi) is 1.15. The Labute approximate surface area is 61.9 Å². The van der Waals surface area contributed by atoms with Gasteiger partial charge in [0.1, 0.15) is 11.0 Å². The van der Waals surface area contributed by atoms with Crippen LogP contribution in [-0.2, 0) is 0 Å². The van der Waals surface area contributed by atoms with Crippen molar-refractivity contribution in [2.24, 2.45) is 5.11 Å². The minimum Gasteiger partial charge on any atom is -0.204 e. The second kappa shape index (κ2) is 2.12. The van der Waals surface area contributed by atoms with E-state index in [1.165, 1.54) is 0 Å². The van der Waals surface area contributed by atoms with E-state index < -0.39 is 0 Å². The molecule has 0 aliphatic carbocycles. The van der Waals surface area contributed by atoms with E-state index in [-0.39, 0.29) is 0 Å². The minimum atomic E-state index is 0.589. The van der Waals surface area contributed by atoms with Crippen LogP contribution in [0.25, 0.3) is 11.0 Å². The van der Waals surface area contributed by atoms with Gasteiger partial charge >= 0.3 is 0 Å². The first-order valence-electron chi connectivity index (χ1n) is 3.08. The van der Waals surface area contributed by atoms with Crippen molar-refractivity contribution < 1.29 is 0 Å². The molecule has 2 rings (SSSR count). The molecule has 0 aliphatic heterocycles. The van der Waals surface area contributed by atoms with E-state index in [9.17, 15) is 0 Å². The molecule has 0 aliphatic rings. The van der Waals surface area contributed by atoms with Gasteiger partial charge in [-0.25, -0.2) is 5.53 Å². The van der Waals surface area contributed by atoms with Crippen LogP contribution in [0.15, 0.2) is 23.3 Å². The van der Waals surface area contributed by atoms with Crippen molar-refractivity contribution in [3.8, 4) is 0 Å². The first-order chi connectivity index (χ1) is 5.40. The van der Waals surface area contributed by atoms with Gasteiger partial charge < -0.3 is 0 Å². The van der Waals surface area contributed by atoms with E-state index in [2.05, 4.69) is 20.5 Å². The number of aromatic nitrogens is 3. The molecular formula is C6H5N5. The van der Waals surface area contributed by atoms with Crippen LogP contribution in [0.5, 0.6) is 0 Å². The van der Waals surface area contributed by atoms with Crippen LogP contribution in [0.4, 0.5) is 5.69 Å². The number of hydrogen-bond acceptors (Lipinski definition) is 4. The molecule has 0 radical (unpaired) electrons. The number of nitrogens with one attached hydrogen (secondary N) is 2.